The molecule has 1 unspecified atom stereocenters. The normalized spacial score (nSPS) is 12.3. The Bertz CT molecular complexity index is 882. The van der Waals surface area contributed by atoms with Crippen molar-refractivity contribution in [3.8, 4) is 0 Å². The zero-order valence-electron chi connectivity index (χ0n) is 13.9. The van der Waals surface area contributed by atoms with E-state index < -0.39 is 5.97 Å². The Morgan fingerprint density at radius 2 is 1.92 bits per heavy atom. The van der Waals surface area contributed by atoms with Crippen LogP contribution in [0.1, 0.15) is 46.6 Å². The Morgan fingerprint density at radius 3 is 2.52 bits per heavy atom. The summed E-state index contributed by atoms with van der Waals surface area (Å²) in [7, 11) is 0. The number of aromatic nitrogens is 3. The Balaban J connectivity index is 1.83. The molecule has 0 spiro atoms. The third kappa shape index (κ3) is 3.50. The number of para-hydroxylation sites is 2. The summed E-state index contributed by atoms with van der Waals surface area (Å²) >= 11 is 0. The Labute approximate surface area is 144 Å². The molecule has 0 radical (unpaired) electrons. The maximum absolute atomic E-state index is 12.5. The summed E-state index contributed by atoms with van der Waals surface area (Å²) < 4.78 is 0. The van der Waals surface area contributed by atoms with E-state index in [0.29, 0.717) is 5.82 Å². The van der Waals surface area contributed by atoms with Crippen molar-refractivity contribution in [2.45, 2.75) is 19.9 Å². The first-order chi connectivity index (χ1) is 12.0. The van der Waals surface area contributed by atoms with Gasteiger partial charge in [0.2, 0.25) is 0 Å². The number of aromatic carboxylic acids is 1. The fourth-order valence-electron chi connectivity index (χ4n) is 2.54. The lowest BCUT2D eigenvalue weighted by Gasteiger charge is -2.20. The van der Waals surface area contributed by atoms with Crippen molar-refractivity contribution in [3.63, 3.8) is 0 Å². The van der Waals surface area contributed by atoms with Gasteiger partial charge < -0.3 is 15.4 Å². The lowest BCUT2D eigenvalue weighted by molar-refractivity contribution is 0.0695. The minimum atomic E-state index is -1.08. The summed E-state index contributed by atoms with van der Waals surface area (Å²) in [4.78, 5) is 35.0. The molecule has 0 bridgehead atoms. The van der Waals surface area contributed by atoms with E-state index in [2.05, 4.69) is 20.3 Å². The van der Waals surface area contributed by atoms with Gasteiger partial charge in [0, 0.05) is 6.20 Å². The molecule has 7 nitrogen and oxygen atoms in total. The minimum absolute atomic E-state index is 0.0363. The summed E-state index contributed by atoms with van der Waals surface area (Å²) in [5.41, 5.74) is 1.93. The number of fused-ring (bicyclic) bond motifs is 1. The average molecular weight is 338 g/mol. The van der Waals surface area contributed by atoms with Crippen LogP contribution < -0.4 is 5.32 Å². The number of imidazole rings is 1. The van der Waals surface area contributed by atoms with Crippen molar-refractivity contribution < 1.29 is 14.7 Å². The molecule has 1 amide bonds. The Morgan fingerprint density at radius 1 is 1.16 bits per heavy atom. The number of hydrogen-bond acceptors (Lipinski definition) is 4. The van der Waals surface area contributed by atoms with Crippen LogP contribution in [0.3, 0.4) is 0 Å². The van der Waals surface area contributed by atoms with E-state index in [0.717, 1.165) is 11.0 Å². The first kappa shape index (κ1) is 16.6. The number of benzene rings is 1. The molecule has 1 atom stereocenters. The monoisotopic (exact) mass is 338 g/mol. The van der Waals surface area contributed by atoms with Crippen molar-refractivity contribution in [1.82, 2.24) is 20.3 Å². The zero-order chi connectivity index (χ0) is 18.0. The number of nitrogens with zero attached hydrogens (tertiary/aromatic N) is 2. The number of nitrogens with one attached hydrogen (secondary N) is 2. The molecular weight excluding hydrogens is 320 g/mol. The van der Waals surface area contributed by atoms with Crippen LogP contribution in [0.4, 0.5) is 0 Å². The standard InChI is InChI=1S/C18H18N4O3/c1-10(2)15(16-20-12-5-3-4-6-13(12)21-16)22-17(23)14-8-7-11(9-19-14)18(24)25/h3-10,15H,1-2H3,(H,20,21)(H,22,23)(H,24,25). The van der Waals surface area contributed by atoms with E-state index in [-0.39, 0.29) is 29.1 Å². The molecule has 1 aromatic carbocycles. The van der Waals surface area contributed by atoms with Gasteiger partial charge in [-0.3, -0.25) is 9.78 Å². The van der Waals surface area contributed by atoms with Gasteiger partial charge in [0.05, 0.1) is 22.6 Å². The van der Waals surface area contributed by atoms with Gasteiger partial charge in [-0.1, -0.05) is 26.0 Å². The molecule has 0 aliphatic rings. The first-order valence-corrected chi connectivity index (χ1v) is 7.90. The molecule has 3 rings (SSSR count). The van der Waals surface area contributed by atoms with E-state index in [9.17, 15) is 9.59 Å². The molecule has 2 heterocycles. The quantitative estimate of drug-likeness (QED) is 0.663. The van der Waals surface area contributed by atoms with E-state index in [1.165, 1.54) is 18.3 Å². The highest BCUT2D eigenvalue weighted by molar-refractivity contribution is 5.94. The molecular formula is C18H18N4O3. The molecule has 3 N–H and O–H groups in total. The summed E-state index contributed by atoms with van der Waals surface area (Å²) in [6.07, 6.45) is 1.17. The van der Waals surface area contributed by atoms with Gasteiger partial charge in [0.25, 0.3) is 5.91 Å². The van der Waals surface area contributed by atoms with Gasteiger partial charge in [0.1, 0.15) is 11.5 Å². The maximum Gasteiger partial charge on any atom is 0.337 e. The number of hydrogen-bond donors (Lipinski definition) is 3. The summed E-state index contributed by atoms with van der Waals surface area (Å²) in [5, 5.41) is 11.8. The summed E-state index contributed by atoms with van der Waals surface area (Å²) in [6.45, 7) is 3.97. The highest BCUT2D eigenvalue weighted by Gasteiger charge is 2.23. The molecule has 3 aromatic rings. The highest BCUT2D eigenvalue weighted by Crippen LogP contribution is 2.22. The van der Waals surface area contributed by atoms with E-state index >= 15 is 0 Å². The number of aromatic amines is 1. The molecule has 0 saturated heterocycles. The van der Waals surface area contributed by atoms with Gasteiger partial charge >= 0.3 is 5.97 Å². The number of carboxylic acid groups (broad SMARTS) is 1. The number of carbonyl (C=O) groups is 2. The van der Waals surface area contributed by atoms with Gasteiger partial charge in [-0.15, -0.1) is 0 Å². The molecule has 0 aliphatic heterocycles. The predicted molar refractivity (Wildman–Crippen MR) is 92.3 cm³/mol. The second-order valence-corrected chi connectivity index (χ2v) is 6.07. The van der Waals surface area contributed by atoms with Crippen LogP contribution in [0.5, 0.6) is 0 Å². The lowest BCUT2D eigenvalue weighted by Crippen LogP contribution is -2.33. The average Bonchev–Trinajstić information content (AvgIpc) is 3.02. The zero-order valence-corrected chi connectivity index (χ0v) is 13.9. The van der Waals surface area contributed by atoms with Gasteiger partial charge in [-0.2, -0.15) is 0 Å². The van der Waals surface area contributed by atoms with Crippen molar-refractivity contribution in [1.29, 1.82) is 0 Å². The van der Waals surface area contributed by atoms with Gasteiger partial charge in [-0.05, 0) is 30.2 Å². The SMILES string of the molecule is CC(C)C(NC(=O)c1ccc(C(=O)O)cn1)c1nc2ccccc2[nH]1. The lowest BCUT2D eigenvalue weighted by atomic mass is 10.0. The summed E-state index contributed by atoms with van der Waals surface area (Å²) in [6, 6.07) is 10.1. The Hall–Kier alpha value is -3.22. The van der Waals surface area contributed by atoms with Gasteiger partial charge in [0.15, 0.2) is 0 Å². The van der Waals surface area contributed by atoms with Crippen LogP contribution in [0, 0.1) is 5.92 Å². The second-order valence-electron chi connectivity index (χ2n) is 6.07. The molecule has 0 aliphatic carbocycles. The van der Waals surface area contributed by atoms with Crippen molar-refractivity contribution in [3.05, 3.63) is 59.7 Å². The van der Waals surface area contributed by atoms with Gasteiger partial charge in [-0.25, -0.2) is 9.78 Å². The second kappa shape index (κ2) is 6.72. The predicted octanol–water partition coefficient (Wildman–Crippen LogP) is 2.78. The van der Waals surface area contributed by atoms with Crippen LogP contribution in [0.2, 0.25) is 0 Å². The van der Waals surface area contributed by atoms with Crippen LogP contribution in [0.15, 0.2) is 42.6 Å². The number of amides is 1. The summed E-state index contributed by atoms with van der Waals surface area (Å²) in [5.74, 6) is -0.688. The van der Waals surface area contributed by atoms with Crippen LogP contribution >= 0.6 is 0 Å². The fraction of sp³-hybridized carbons (Fsp3) is 0.222. The minimum Gasteiger partial charge on any atom is -0.478 e. The Kier molecular flexibility index (Phi) is 4.47. The smallest absolute Gasteiger partial charge is 0.337 e. The third-order valence-corrected chi connectivity index (χ3v) is 3.90. The topological polar surface area (TPSA) is 108 Å². The largest absolute Gasteiger partial charge is 0.478 e. The number of H-pyrrole nitrogens is 1. The van der Waals surface area contributed by atoms with Crippen LogP contribution in [0.25, 0.3) is 11.0 Å². The maximum atomic E-state index is 12.5. The number of carbonyl (C=O) groups excluding carboxylic acids is 1. The molecule has 0 saturated carbocycles. The number of pyridine rings is 1. The molecule has 25 heavy (non-hydrogen) atoms. The van der Waals surface area contributed by atoms with Crippen molar-refractivity contribution >= 4 is 22.9 Å². The van der Waals surface area contributed by atoms with Crippen LogP contribution in [-0.2, 0) is 0 Å². The third-order valence-electron chi connectivity index (χ3n) is 3.90. The van der Waals surface area contributed by atoms with Crippen LogP contribution in [-0.4, -0.2) is 31.9 Å². The number of carboxylic acids is 1. The fourth-order valence-corrected chi connectivity index (χ4v) is 2.54. The molecule has 0 fully saturated rings. The van der Waals surface area contributed by atoms with E-state index in [4.69, 9.17) is 5.11 Å². The molecule has 2 aromatic heterocycles. The van der Waals surface area contributed by atoms with Crippen molar-refractivity contribution in [2.24, 2.45) is 5.92 Å². The first-order valence-electron chi connectivity index (χ1n) is 7.90. The molecule has 128 valence electrons. The van der Waals surface area contributed by atoms with Crippen molar-refractivity contribution in [2.75, 3.05) is 0 Å². The van der Waals surface area contributed by atoms with E-state index in [1.807, 2.05) is 38.1 Å². The van der Waals surface area contributed by atoms with E-state index in [1.54, 1.807) is 0 Å². The number of rotatable bonds is 5. The molecule has 7 heteroatoms. The highest BCUT2D eigenvalue weighted by atomic mass is 16.4.